The maximum atomic E-state index is 12.2. The Labute approximate surface area is 171 Å². The Balaban J connectivity index is 1.53. The molecule has 0 aliphatic rings. The molecule has 0 bridgehead atoms. The SMILES string of the molecule is COC(=O)c1ccccc1NC(=O)CSc1ccc(NC(=O)c2ccco2)cc1. The summed E-state index contributed by atoms with van der Waals surface area (Å²) >= 11 is 1.33. The van der Waals surface area contributed by atoms with Gasteiger partial charge in [0, 0.05) is 10.6 Å². The Kier molecular flexibility index (Phi) is 6.70. The molecule has 0 saturated heterocycles. The number of furan rings is 1. The van der Waals surface area contributed by atoms with Crippen molar-refractivity contribution in [2.24, 2.45) is 0 Å². The zero-order valence-corrected chi connectivity index (χ0v) is 16.3. The summed E-state index contributed by atoms with van der Waals surface area (Å²) in [5, 5.41) is 5.45. The normalized spacial score (nSPS) is 10.2. The second-order valence-corrected chi connectivity index (χ2v) is 6.88. The van der Waals surface area contributed by atoms with Gasteiger partial charge in [0.15, 0.2) is 5.76 Å². The van der Waals surface area contributed by atoms with Crippen molar-refractivity contribution in [1.82, 2.24) is 0 Å². The quantitative estimate of drug-likeness (QED) is 0.450. The van der Waals surface area contributed by atoms with Crippen LogP contribution in [0.1, 0.15) is 20.9 Å². The van der Waals surface area contributed by atoms with Crippen molar-refractivity contribution in [1.29, 1.82) is 0 Å². The standard InChI is InChI=1S/C21H18N2O5S/c1-27-21(26)16-5-2-3-6-17(16)23-19(24)13-29-15-10-8-14(9-11-15)22-20(25)18-7-4-12-28-18/h2-12H,13H2,1H3,(H,22,25)(H,23,24). The fourth-order valence-electron chi connectivity index (χ4n) is 2.45. The molecule has 1 aromatic heterocycles. The third kappa shape index (κ3) is 5.49. The molecule has 0 aliphatic carbocycles. The second kappa shape index (κ2) is 9.61. The Hall–Kier alpha value is -3.52. The number of nitrogens with one attached hydrogen (secondary N) is 2. The molecule has 2 N–H and O–H groups in total. The molecule has 148 valence electrons. The maximum Gasteiger partial charge on any atom is 0.339 e. The van der Waals surface area contributed by atoms with E-state index in [9.17, 15) is 14.4 Å². The van der Waals surface area contributed by atoms with Crippen molar-refractivity contribution in [3.8, 4) is 0 Å². The fourth-order valence-corrected chi connectivity index (χ4v) is 3.15. The van der Waals surface area contributed by atoms with Crippen molar-refractivity contribution >= 4 is 40.9 Å². The van der Waals surface area contributed by atoms with Crippen LogP contribution in [0.3, 0.4) is 0 Å². The number of carbonyl (C=O) groups excluding carboxylic acids is 3. The lowest BCUT2D eigenvalue weighted by molar-refractivity contribution is -0.113. The van der Waals surface area contributed by atoms with Crippen LogP contribution in [0, 0.1) is 0 Å². The van der Waals surface area contributed by atoms with Gasteiger partial charge in [-0.25, -0.2) is 4.79 Å². The van der Waals surface area contributed by atoms with Crippen LogP contribution in [0.15, 0.2) is 76.2 Å². The molecule has 2 amide bonds. The first kappa shape index (κ1) is 20.2. The topological polar surface area (TPSA) is 97.6 Å². The molecular weight excluding hydrogens is 392 g/mol. The molecule has 0 unspecified atom stereocenters. The lowest BCUT2D eigenvalue weighted by Gasteiger charge is -2.09. The first-order valence-electron chi connectivity index (χ1n) is 8.61. The molecule has 0 aliphatic heterocycles. The highest BCUT2D eigenvalue weighted by atomic mass is 32.2. The zero-order chi connectivity index (χ0) is 20.6. The van der Waals surface area contributed by atoms with Crippen LogP contribution < -0.4 is 10.6 Å². The molecule has 2 aromatic carbocycles. The Morgan fingerprint density at radius 2 is 1.72 bits per heavy atom. The number of amides is 2. The van der Waals surface area contributed by atoms with E-state index in [1.54, 1.807) is 60.7 Å². The summed E-state index contributed by atoms with van der Waals surface area (Å²) < 4.78 is 9.76. The summed E-state index contributed by atoms with van der Waals surface area (Å²) in [4.78, 5) is 36.8. The first-order valence-corrected chi connectivity index (χ1v) is 9.60. The number of benzene rings is 2. The molecule has 29 heavy (non-hydrogen) atoms. The van der Waals surface area contributed by atoms with Crippen LogP contribution in [0.25, 0.3) is 0 Å². The maximum absolute atomic E-state index is 12.2. The Bertz CT molecular complexity index is 1000. The third-order valence-corrected chi connectivity index (χ3v) is 4.85. The van der Waals surface area contributed by atoms with E-state index in [0.717, 1.165) is 4.90 Å². The molecule has 3 aromatic rings. The minimum Gasteiger partial charge on any atom is -0.465 e. The minimum absolute atomic E-state index is 0.160. The van der Waals surface area contributed by atoms with Gasteiger partial charge in [-0.15, -0.1) is 11.8 Å². The van der Waals surface area contributed by atoms with E-state index in [0.29, 0.717) is 16.9 Å². The van der Waals surface area contributed by atoms with Gasteiger partial charge in [-0.3, -0.25) is 9.59 Å². The minimum atomic E-state index is -0.513. The number of ether oxygens (including phenoxy) is 1. The molecule has 0 saturated carbocycles. The van der Waals surface area contributed by atoms with Gasteiger partial charge in [0.05, 0.1) is 30.4 Å². The van der Waals surface area contributed by atoms with Gasteiger partial charge in [-0.2, -0.15) is 0 Å². The van der Waals surface area contributed by atoms with Crippen molar-refractivity contribution in [2.75, 3.05) is 23.5 Å². The Morgan fingerprint density at radius 3 is 2.41 bits per heavy atom. The van der Waals surface area contributed by atoms with Crippen LogP contribution in [0.4, 0.5) is 11.4 Å². The average molecular weight is 410 g/mol. The zero-order valence-electron chi connectivity index (χ0n) is 15.5. The monoisotopic (exact) mass is 410 g/mol. The van der Waals surface area contributed by atoms with Crippen LogP contribution in [0.5, 0.6) is 0 Å². The van der Waals surface area contributed by atoms with E-state index < -0.39 is 5.97 Å². The number of esters is 1. The van der Waals surface area contributed by atoms with Gasteiger partial charge in [0.1, 0.15) is 0 Å². The average Bonchev–Trinajstić information content (AvgIpc) is 3.28. The van der Waals surface area contributed by atoms with Gasteiger partial charge < -0.3 is 19.8 Å². The molecule has 7 nitrogen and oxygen atoms in total. The number of para-hydroxylation sites is 1. The predicted molar refractivity (Wildman–Crippen MR) is 110 cm³/mol. The van der Waals surface area contributed by atoms with Crippen molar-refractivity contribution < 1.29 is 23.5 Å². The van der Waals surface area contributed by atoms with Crippen molar-refractivity contribution in [2.45, 2.75) is 4.90 Å². The lowest BCUT2D eigenvalue weighted by Crippen LogP contribution is -2.17. The highest BCUT2D eigenvalue weighted by Gasteiger charge is 2.13. The summed E-state index contributed by atoms with van der Waals surface area (Å²) in [6, 6.07) is 17.0. The van der Waals surface area contributed by atoms with Crippen molar-refractivity contribution in [3.05, 3.63) is 78.3 Å². The van der Waals surface area contributed by atoms with Gasteiger partial charge >= 0.3 is 5.97 Å². The third-order valence-electron chi connectivity index (χ3n) is 3.83. The molecule has 0 radical (unpaired) electrons. The van der Waals surface area contributed by atoms with Gasteiger partial charge in [-0.1, -0.05) is 12.1 Å². The van der Waals surface area contributed by atoms with E-state index in [1.165, 1.54) is 25.1 Å². The summed E-state index contributed by atoms with van der Waals surface area (Å²) in [6.07, 6.45) is 1.43. The fraction of sp³-hybridized carbons (Fsp3) is 0.0952. The van der Waals surface area contributed by atoms with E-state index in [-0.39, 0.29) is 23.3 Å². The molecule has 3 rings (SSSR count). The van der Waals surface area contributed by atoms with E-state index >= 15 is 0 Å². The highest BCUT2D eigenvalue weighted by molar-refractivity contribution is 8.00. The van der Waals surface area contributed by atoms with E-state index in [1.807, 2.05) is 0 Å². The summed E-state index contributed by atoms with van der Waals surface area (Å²) in [7, 11) is 1.29. The van der Waals surface area contributed by atoms with Gasteiger partial charge in [-0.05, 0) is 48.5 Å². The van der Waals surface area contributed by atoms with Crippen LogP contribution in [0.2, 0.25) is 0 Å². The second-order valence-electron chi connectivity index (χ2n) is 5.83. The van der Waals surface area contributed by atoms with Gasteiger partial charge in [0.2, 0.25) is 5.91 Å². The number of anilines is 2. The van der Waals surface area contributed by atoms with E-state index in [2.05, 4.69) is 10.6 Å². The molecular formula is C21H18N2O5S. The lowest BCUT2D eigenvalue weighted by atomic mass is 10.2. The Morgan fingerprint density at radius 1 is 0.966 bits per heavy atom. The number of rotatable bonds is 7. The molecule has 0 atom stereocenters. The molecule has 0 fully saturated rings. The molecule has 8 heteroatoms. The van der Waals surface area contributed by atoms with Crippen molar-refractivity contribution in [3.63, 3.8) is 0 Å². The largest absolute Gasteiger partial charge is 0.465 e. The van der Waals surface area contributed by atoms with Crippen LogP contribution >= 0.6 is 11.8 Å². The molecule has 1 heterocycles. The van der Waals surface area contributed by atoms with Crippen LogP contribution in [-0.4, -0.2) is 30.6 Å². The highest BCUT2D eigenvalue weighted by Crippen LogP contribution is 2.22. The number of hydrogen-bond acceptors (Lipinski definition) is 6. The predicted octanol–water partition coefficient (Wildman–Crippen LogP) is 4.05. The van der Waals surface area contributed by atoms with Crippen LogP contribution in [-0.2, 0) is 9.53 Å². The number of methoxy groups -OCH3 is 1. The number of thioether (sulfide) groups is 1. The summed E-state index contributed by atoms with van der Waals surface area (Å²) in [5.74, 6) is -0.707. The smallest absolute Gasteiger partial charge is 0.339 e. The number of carbonyl (C=O) groups is 3. The first-order chi connectivity index (χ1) is 14.1. The van der Waals surface area contributed by atoms with E-state index in [4.69, 9.17) is 9.15 Å². The van der Waals surface area contributed by atoms with Gasteiger partial charge in [0.25, 0.3) is 5.91 Å². The molecule has 0 spiro atoms. The number of hydrogen-bond donors (Lipinski definition) is 2. The summed E-state index contributed by atoms with van der Waals surface area (Å²) in [6.45, 7) is 0. The summed E-state index contributed by atoms with van der Waals surface area (Å²) in [5.41, 5.74) is 1.32.